The SMILES string of the molecule is Cc1cc([N+](=O)[O-])ccc1OCCCCCS. The van der Waals surface area contributed by atoms with Crippen molar-refractivity contribution in [3.8, 4) is 5.75 Å². The Morgan fingerprint density at radius 2 is 2.12 bits per heavy atom. The Balaban J connectivity index is 2.46. The van der Waals surface area contributed by atoms with E-state index < -0.39 is 4.92 Å². The number of benzene rings is 1. The number of hydrogen-bond donors (Lipinski definition) is 1. The second kappa shape index (κ2) is 7.17. The van der Waals surface area contributed by atoms with Gasteiger partial charge in [0, 0.05) is 12.1 Å². The molecule has 17 heavy (non-hydrogen) atoms. The predicted octanol–water partition coefficient (Wildman–Crippen LogP) is 3.38. The minimum Gasteiger partial charge on any atom is -0.493 e. The third-order valence-corrected chi connectivity index (χ3v) is 2.75. The number of non-ortho nitro benzene ring substituents is 1. The van der Waals surface area contributed by atoms with Crippen LogP contribution >= 0.6 is 12.6 Å². The fourth-order valence-corrected chi connectivity index (χ4v) is 1.71. The van der Waals surface area contributed by atoms with Crippen molar-refractivity contribution < 1.29 is 9.66 Å². The summed E-state index contributed by atoms with van der Waals surface area (Å²) in [6.07, 6.45) is 3.16. The molecular weight excluding hydrogens is 238 g/mol. The largest absolute Gasteiger partial charge is 0.493 e. The van der Waals surface area contributed by atoms with Crippen molar-refractivity contribution in [2.45, 2.75) is 26.2 Å². The highest BCUT2D eigenvalue weighted by molar-refractivity contribution is 7.80. The molecule has 0 aliphatic rings. The van der Waals surface area contributed by atoms with Gasteiger partial charge in [0.1, 0.15) is 5.75 Å². The number of nitro groups is 1. The highest BCUT2D eigenvalue weighted by atomic mass is 32.1. The molecule has 1 aromatic rings. The number of ether oxygens (including phenoxy) is 1. The molecule has 0 saturated carbocycles. The minimum atomic E-state index is -0.399. The molecule has 0 atom stereocenters. The molecule has 0 aromatic heterocycles. The Kier molecular flexibility index (Phi) is 5.83. The van der Waals surface area contributed by atoms with E-state index in [9.17, 15) is 10.1 Å². The van der Waals surface area contributed by atoms with Crippen LogP contribution in [0.25, 0.3) is 0 Å². The van der Waals surface area contributed by atoms with Crippen molar-refractivity contribution in [1.29, 1.82) is 0 Å². The molecule has 1 rings (SSSR count). The number of thiol groups is 1. The smallest absolute Gasteiger partial charge is 0.269 e. The quantitative estimate of drug-likeness (QED) is 0.352. The lowest BCUT2D eigenvalue weighted by Gasteiger charge is -2.08. The van der Waals surface area contributed by atoms with Gasteiger partial charge in [-0.2, -0.15) is 12.6 Å². The normalized spacial score (nSPS) is 10.2. The monoisotopic (exact) mass is 255 g/mol. The topological polar surface area (TPSA) is 52.4 Å². The van der Waals surface area contributed by atoms with Crippen LogP contribution in [0.3, 0.4) is 0 Å². The van der Waals surface area contributed by atoms with E-state index in [0.29, 0.717) is 6.61 Å². The number of hydrogen-bond acceptors (Lipinski definition) is 4. The van der Waals surface area contributed by atoms with Gasteiger partial charge in [-0.05, 0) is 43.6 Å². The standard InChI is InChI=1S/C12H17NO3S/c1-10-9-11(13(14)15)5-6-12(10)16-7-3-2-4-8-17/h5-6,9,17H,2-4,7-8H2,1H3. The second-order valence-electron chi connectivity index (χ2n) is 3.84. The molecule has 94 valence electrons. The molecule has 0 heterocycles. The minimum absolute atomic E-state index is 0.102. The lowest BCUT2D eigenvalue weighted by Crippen LogP contribution is -1.99. The highest BCUT2D eigenvalue weighted by Gasteiger charge is 2.08. The maximum Gasteiger partial charge on any atom is 0.269 e. The summed E-state index contributed by atoms with van der Waals surface area (Å²) in [5, 5.41) is 10.6. The van der Waals surface area contributed by atoms with Crippen LogP contribution in [0.1, 0.15) is 24.8 Å². The Morgan fingerprint density at radius 3 is 2.71 bits per heavy atom. The first kappa shape index (κ1) is 13.8. The zero-order valence-electron chi connectivity index (χ0n) is 9.89. The molecule has 0 saturated heterocycles. The predicted molar refractivity (Wildman–Crippen MR) is 71.0 cm³/mol. The first-order valence-electron chi connectivity index (χ1n) is 5.64. The van der Waals surface area contributed by atoms with Crippen LogP contribution in [0.4, 0.5) is 5.69 Å². The van der Waals surface area contributed by atoms with Gasteiger partial charge < -0.3 is 4.74 Å². The summed E-state index contributed by atoms with van der Waals surface area (Å²) < 4.78 is 5.57. The van der Waals surface area contributed by atoms with Crippen molar-refractivity contribution in [2.75, 3.05) is 12.4 Å². The van der Waals surface area contributed by atoms with E-state index >= 15 is 0 Å². The van der Waals surface area contributed by atoms with Gasteiger partial charge in [0.2, 0.25) is 0 Å². The first-order valence-corrected chi connectivity index (χ1v) is 6.27. The summed E-state index contributed by atoms with van der Waals surface area (Å²) in [6, 6.07) is 4.66. The lowest BCUT2D eigenvalue weighted by atomic mass is 10.2. The van der Waals surface area contributed by atoms with E-state index in [2.05, 4.69) is 12.6 Å². The molecule has 1 aromatic carbocycles. The maximum absolute atomic E-state index is 10.6. The fraction of sp³-hybridized carbons (Fsp3) is 0.500. The molecule has 0 radical (unpaired) electrons. The van der Waals surface area contributed by atoms with Crippen molar-refractivity contribution in [3.05, 3.63) is 33.9 Å². The average Bonchev–Trinajstić information content (AvgIpc) is 2.30. The van der Waals surface area contributed by atoms with Gasteiger partial charge in [0.25, 0.3) is 5.69 Å². The van der Waals surface area contributed by atoms with E-state index in [4.69, 9.17) is 4.74 Å². The van der Waals surface area contributed by atoms with E-state index in [1.54, 1.807) is 6.07 Å². The molecule has 0 amide bonds. The molecule has 0 N–H and O–H groups in total. The second-order valence-corrected chi connectivity index (χ2v) is 4.29. The van der Waals surface area contributed by atoms with Gasteiger partial charge in [-0.15, -0.1) is 0 Å². The van der Waals surface area contributed by atoms with E-state index in [0.717, 1.165) is 36.3 Å². The van der Waals surface area contributed by atoms with Gasteiger partial charge in [-0.1, -0.05) is 0 Å². The summed E-state index contributed by atoms with van der Waals surface area (Å²) in [4.78, 5) is 10.2. The number of nitro benzene ring substituents is 1. The van der Waals surface area contributed by atoms with Crippen LogP contribution in [0.5, 0.6) is 5.75 Å². The Bertz CT molecular complexity index is 382. The van der Waals surface area contributed by atoms with Crippen LogP contribution in [0.2, 0.25) is 0 Å². The van der Waals surface area contributed by atoms with Gasteiger partial charge >= 0.3 is 0 Å². The van der Waals surface area contributed by atoms with Gasteiger partial charge in [0.15, 0.2) is 0 Å². The van der Waals surface area contributed by atoms with Gasteiger partial charge in [-0.25, -0.2) is 0 Å². The lowest BCUT2D eigenvalue weighted by molar-refractivity contribution is -0.384. The zero-order valence-corrected chi connectivity index (χ0v) is 10.8. The number of rotatable bonds is 7. The summed E-state index contributed by atoms with van der Waals surface area (Å²) >= 11 is 4.13. The molecule has 0 unspecified atom stereocenters. The Hall–Kier alpha value is -1.23. The third-order valence-electron chi connectivity index (χ3n) is 2.43. The third kappa shape index (κ3) is 4.65. The van der Waals surface area contributed by atoms with Crippen LogP contribution in [-0.4, -0.2) is 17.3 Å². The molecule has 5 heteroatoms. The van der Waals surface area contributed by atoms with Crippen molar-refractivity contribution in [3.63, 3.8) is 0 Å². The van der Waals surface area contributed by atoms with E-state index in [-0.39, 0.29) is 5.69 Å². The van der Waals surface area contributed by atoms with Crippen molar-refractivity contribution >= 4 is 18.3 Å². The van der Waals surface area contributed by atoms with Crippen molar-refractivity contribution in [2.24, 2.45) is 0 Å². The summed E-state index contributed by atoms with van der Waals surface area (Å²) in [7, 11) is 0. The molecule has 0 fully saturated rings. The summed E-state index contributed by atoms with van der Waals surface area (Å²) in [5.74, 6) is 1.62. The average molecular weight is 255 g/mol. The van der Waals surface area contributed by atoms with Crippen LogP contribution < -0.4 is 4.74 Å². The summed E-state index contributed by atoms with van der Waals surface area (Å²) in [5.41, 5.74) is 0.901. The number of unbranched alkanes of at least 4 members (excludes halogenated alkanes) is 2. The molecule has 0 spiro atoms. The van der Waals surface area contributed by atoms with Crippen LogP contribution in [-0.2, 0) is 0 Å². The highest BCUT2D eigenvalue weighted by Crippen LogP contribution is 2.23. The van der Waals surface area contributed by atoms with Crippen LogP contribution in [0.15, 0.2) is 18.2 Å². The molecule has 0 aliphatic carbocycles. The number of aryl methyl sites for hydroxylation is 1. The van der Waals surface area contributed by atoms with Gasteiger partial charge in [-0.3, -0.25) is 10.1 Å². The zero-order chi connectivity index (χ0) is 12.7. The van der Waals surface area contributed by atoms with E-state index in [1.165, 1.54) is 12.1 Å². The fourth-order valence-electron chi connectivity index (χ4n) is 1.48. The Morgan fingerprint density at radius 1 is 1.35 bits per heavy atom. The number of nitrogens with zero attached hydrogens (tertiary/aromatic N) is 1. The van der Waals surface area contributed by atoms with Gasteiger partial charge in [0.05, 0.1) is 11.5 Å². The summed E-state index contributed by atoms with van der Waals surface area (Å²) in [6.45, 7) is 2.46. The maximum atomic E-state index is 10.6. The molecule has 4 nitrogen and oxygen atoms in total. The molecular formula is C12H17NO3S. The van der Waals surface area contributed by atoms with Crippen molar-refractivity contribution in [1.82, 2.24) is 0 Å². The van der Waals surface area contributed by atoms with Crippen LogP contribution in [0, 0.1) is 17.0 Å². The van der Waals surface area contributed by atoms with E-state index in [1.807, 2.05) is 6.92 Å². The molecule has 0 aliphatic heterocycles. The first-order chi connectivity index (χ1) is 8.15. The molecule has 0 bridgehead atoms. The Labute approximate surface area is 107 Å².